The maximum Gasteiger partial charge on any atom is 0.303 e. The average Bonchev–Trinajstić information content (AvgIpc) is 2.42. The highest BCUT2D eigenvalue weighted by molar-refractivity contribution is 5.67. The molecule has 4 heteroatoms. The van der Waals surface area contributed by atoms with Crippen LogP contribution in [0.2, 0.25) is 0 Å². The first-order valence-electron chi connectivity index (χ1n) is 6.98. The highest BCUT2D eigenvalue weighted by Crippen LogP contribution is 2.18. The Hall–Kier alpha value is -2.10. The molecule has 0 aliphatic heterocycles. The predicted octanol–water partition coefficient (Wildman–Crippen LogP) is 3.22. The van der Waals surface area contributed by atoms with Crippen LogP contribution in [0.4, 0.5) is 0 Å². The third kappa shape index (κ3) is 6.25. The Morgan fingerprint density at radius 3 is 2.10 bits per heavy atom. The largest absolute Gasteiger partial charge is 0.462 e. The summed E-state index contributed by atoms with van der Waals surface area (Å²) in [6.07, 6.45) is 2.93. The zero-order valence-electron chi connectivity index (χ0n) is 12.9. The van der Waals surface area contributed by atoms with Gasteiger partial charge in [0.15, 0.2) is 0 Å². The summed E-state index contributed by atoms with van der Waals surface area (Å²) in [6, 6.07) is 9.73. The fourth-order valence-corrected chi connectivity index (χ4v) is 1.92. The molecule has 0 amide bonds. The van der Waals surface area contributed by atoms with Crippen molar-refractivity contribution in [3.05, 3.63) is 42.0 Å². The second-order valence-corrected chi connectivity index (χ2v) is 5.02. The maximum atomic E-state index is 11.3. The first kappa shape index (κ1) is 17.0. The van der Waals surface area contributed by atoms with E-state index in [0.29, 0.717) is 0 Å². The van der Waals surface area contributed by atoms with Gasteiger partial charge in [0.25, 0.3) is 0 Å². The number of esters is 2. The highest BCUT2D eigenvalue weighted by Gasteiger charge is 2.25. The first-order valence-corrected chi connectivity index (χ1v) is 6.98. The van der Waals surface area contributed by atoms with Crippen LogP contribution in [0.1, 0.15) is 33.3 Å². The SMILES string of the molecule is CC(=O)O[C@@H](/C=C/c1ccccc1)[C@H](C)[C@@H](C)OC(C)=O. The fourth-order valence-electron chi connectivity index (χ4n) is 1.92. The second kappa shape index (κ2) is 8.25. The van der Waals surface area contributed by atoms with Crippen LogP contribution in [0.3, 0.4) is 0 Å². The van der Waals surface area contributed by atoms with Gasteiger partial charge < -0.3 is 9.47 Å². The summed E-state index contributed by atoms with van der Waals surface area (Å²) >= 11 is 0. The standard InChI is InChI=1S/C17H22O4/c1-12(13(2)20-14(3)18)17(21-15(4)19)11-10-16-8-6-5-7-9-16/h5-13,17H,1-4H3/b11-10+/t12-,13-,17+/m1/s1. The number of hydrogen-bond acceptors (Lipinski definition) is 4. The van der Waals surface area contributed by atoms with Gasteiger partial charge in [-0.3, -0.25) is 9.59 Å². The van der Waals surface area contributed by atoms with Crippen LogP contribution in [-0.4, -0.2) is 24.1 Å². The van der Waals surface area contributed by atoms with Crippen molar-refractivity contribution >= 4 is 18.0 Å². The Morgan fingerprint density at radius 1 is 1.00 bits per heavy atom. The van der Waals surface area contributed by atoms with Crippen LogP contribution in [0.15, 0.2) is 36.4 Å². The summed E-state index contributed by atoms with van der Waals surface area (Å²) in [5.74, 6) is -0.847. The van der Waals surface area contributed by atoms with Crippen molar-refractivity contribution in [1.82, 2.24) is 0 Å². The Bertz CT molecular complexity index is 493. The molecule has 4 nitrogen and oxygen atoms in total. The lowest BCUT2D eigenvalue weighted by Crippen LogP contribution is -2.32. The number of hydrogen-bond donors (Lipinski definition) is 0. The Kier molecular flexibility index (Phi) is 6.66. The second-order valence-electron chi connectivity index (χ2n) is 5.02. The van der Waals surface area contributed by atoms with Crippen molar-refractivity contribution in [1.29, 1.82) is 0 Å². The molecule has 0 radical (unpaired) electrons. The van der Waals surface area contributed by atoms with Gasteiger partial charge in [-0.2, -0.15) is 0 Å². The van der Waals surface area contributed by atoms with Gasteiger partial charge in [0.1, 0.15) is 12.2 Å². The molecule has 1 aromatic carbocycles. The number of ether oxygens (including phenoxy) is 2. The van der Waals surface area contributed by atoms with Gasteiger partial charge in [-0.25, -0.2) is 0 Å². The van der Waals surface area contributed by atoms with Gasteiger partial charge >= 0.3 is 11.9 Å². The summed E-state index contributed by atoms with van der Waals surface area (Å²) in [7, 11) is 0. The monoisotopic (exact) mass is 290 g/mol. The lowest BCUT2D eigenvalue weighted by Gasteiger charge is -2.25. The Labute approximate surface area is 125 Å². The molecular weight excluding hydrogens is 268 g/mol. The van der Waals surface area contributed by atoms with Crippen molar-refractivity contribution in [2.24, 2.45) is 5.92 Å². The quantitative estimate of drug-likeness (QED) is 0.755. The van der Waals surface area contributed by atoms with E-state index in [1.54, 1.807) is 6.92 Å². The van der Waals surface area contributed by atoms with Gasteiger partial charge in [0.2, 0.25) is 0 Å². The van der Waals surface area contributed by atoms with Crippen molar-refractivity contribution in [2.45, 2.75) is 39.9 Å². The van der Waals surface area contributed by atoms with Crippen LogP contribution in [0.5, 0.6) is 0 Å². The number of carbonyl (C=O) groups excluding carboxylic acids is 2. The molecule has 0 aliphatic carbocycles. The van der Waals surface area contributed by atoms with E-state index >= 15 is 0 Å². The Morgan fingerprint density at radius 2 is 1.57 bits per heavy atom. The van der Waals surface area contributed by atoms with Crippen molar-refractivity contribution in [2.75, 3.05) is 0 Å². The molecule has 0 heterocycles. The van der Waals surface area contributed by atoms with Gasteiger partial charge in [-0.1, -0.05) is 43.3 Å². The van der Waals surface area contributed by atoms with Gasteiger partial charge in [0, 0.05) is 19.8 Å². The van der Waals surface area contributed by atoms with Gasteiger partial charge in [0.05, 0.1) is 0 Å². The minimum Gasteiger partial charge on any atom is -0.462 e. The number of rotatable bonds is 6. The average molecular weight is 290 g/mol. The zero-order valence-corrected chi connectivity index (χ0v) is 12.9. The maximum absolute atomic E-state index is 11.3. The zero-order chi connectivity index (χ0) is 15.8. The van der Waals surface area contributed by atoms with E-state index < -0.39 is 6.10 Å². The molecule has 0 fully saturated rings. The molecule has 0 unspecified atom stereocenters. The summed E-state index contributed by atoms with van der Waals surface area (Å²) in [5, 5.41) is 0. The van der Waals surface area contributed by atoms with Gasteiger partial charge in [-0.15, -0.1) is 0 Å². The molecule has 21 heavy (non-hydrogen) atoms. The number of carbonyl (C=O) groups is 2. The lowest BCUT2D eigenvalue weighted by atomic mass is 9.97. The smallest absolute Gasteiger partial charge is 0.303 e. The summed E-state index contributed by atoms with van der Waals surface area (Å²) in [4.78, 5) is 22.3. The van der Waals surface area contributed by atoms with Crippen LogP contribution >= 0.6 is 0 Å². The fraction of sp³-hybridized carbons (Fsp3) is 0.412. The van der Waals surface area contributed by atoms with E-state index in [1.165, 1.54) is 13.8 Å². The molecule has 1 rings (SSSR count). The summed E-state index contributed by atoms with van der Waals surface area (Å²) < 4.78 is 10.5. The highest BCUT2D eigenvalue weighted by atomic mass is 16.6. The lowest BCUT2D eigenvalue weighted by molar-refractivity contribution is -0.154. The molecule has 0 spiro atoms. The molecule has 114 valence electrons. The molecule has 3 atom stereocenters. The molecule has 0 aliphatic rings. The molecule has 0 aromatic heterocycles. The van der Waals surface area contributed by atoms with Crippen molar-refractivity contribution in [3.63, 3.8) is 0 Å². The third-order valence-electron chi connectivity index (χ3n) is 3.19. The van der Waals surface area contributed by atoms with Crippen LogP contribution in [0, 0.1) is 5.92 Å². The van der Waals surface area contributed by atoms with E-state index in [4.69, 9.17) is 9.47 Å². The summed E-state index contributed by atoms with van der Waals surface area (Å²) in [5.41, 5.74) is 1.02. The Balaban J connectivity index is 2.82. The minimum atomic E-state index is -0.447. The molecule has 0 saturated carbocycles. The number of benzene rings is 1. The molecule has 0 bridgehead atoms. The minimum absolute atomic E-state index is 0.141. The molecule has 0 saturated heterocycles. The van der Waals surface area contributed by atoms with E-state index in [9.17, 15) is 9.59 Å². The van der Waals surface area contributed by atoms with E-state index in [1.807, 2.05) is 49.4 Å². The van der Waals surface area contributed by atoms with Crippen molar-refractivity contribution in [3.8, 4) is 0 Å². The van der Waals surface area contributed by atoms with E-state index in [-0.39, 0.29) is 24.0 Å². The van der Waals surface area contributed by atoms with Crippen LogP contribution < -0.4 is 0 Å². The van der Waals surface area contributed by atoms with E-state index in [0.717, 1.165) is 5.56 Å². The van der Waals surface area contributed by atoms with Crippen molar-refractivity contribution < 1.29 is 19.1 Å². The molecule has 0 N–H and O–H groups in total. The van der Waals surface area contributed by atoms with E-state index in [2.05, 4.69) is 0 Å². The van der Waals surface area contributed by atoms with Crippen LogP contribution in [0.25, 0.3) is 6.08 Å². The molecule has 1 aromatic rings. The normalized spacial score (nSPS) is 15.2. The molecular formula is C17H22O4. The summed E-state index contributed by atoms with van der Waals surface area (Å²) in [6.45, 7) is 6.41. The predicted molar refractivity (Wildman–Crippen MR) is 81.4 cm³/mol. The third-order valence-corrected chi connectivity index (χ3v) is 3.19. The van der Waals surface area contributed by atoms with Crippen LogP contribution in [-0.2, 0) is 19.1 Å². The first-order chi connectivity index (χ1) is 9.90. The topological polar surface area (TPSA) is 52.6 Å². The van der Waals surface area contributed by atoms with Gasteiger partial charge in [-0.05, 0) is 18.6 Å².